The Hall–Kier alpha value is -0.723. The van der Waals surface area contributed by atoms with Crippen LogP contribution in [0.4, 0.5) is 0 Å². The SMILES string of the molecule is CCOC(=O)c1cn[c-]o1.[Li+]. The van der Waals surface area contributed by atoms with Crippen molar-refractivity contribution >= 4 is 5.97 Å². The van der Waals surface area contributed by atoms with Gasteiger partial charge in [-0.05, 0) is 6.92 Å². The topological polar surface area (TPSA) is 52.3 Å². The van der Waals surface area contributed by atoms with Gasteiger partial charge in [-0.25, -0.2) is 0 Å². The Morgan fingerprint density at radius 1 is 1.91 bits per heavy atom. The number of hydrogen-bond donors (Lipinski definition) is 0. The molecule has 0 amide bonds. The van der Waals surface area contributed by atoms with Gasteiger partial charge in [0.05, 0.1) is 12.4 Å². The number of oxazole rings is 1. The molecule has 11 heavy (non-hydrogen) atoms. The number of carbonyl (C=O) groups excluding carboxylic acids is 1. The smallest absolute Gasteiger partial charge is 0.567 e. The quantitative estimate of drug-likeness (QED) is 0.267. The molecule has 1 heterocycles. The molecular weight excluding hydrogens is 141 g/mol. The van der Waals surface area contributed by atoms with Gasteiger partial charge in [0.15, 0.2) is 0 Å². The Morgan fingerprint density at radius 3 is 3.09 bits per heavy atom. The first-order valence-electron chi connectivity index (χ1n) is 2.83. The van der Waals surface area contributed by atoms with Crippen molar-refractivity contribution in [2.75, 3.05) is 6.61 Å². The van der Waals surface area contributed by atoms with Gasteiger partial charge in [0.2, 0.25) is 0 Å². The molecule has 0 N–H and O–H groups in total. The molecule has 0 saturated heterocycles. The van der Waals surface area contributed by atoms with E-state index in [0.29, 0.717) is 6.61 Å². The zero-order valence-electron chi connectivity index (χ0n) is 6.46. The van der Waals surface area contributed by atoms with Gasteiger partial charge in [-0.1, -0.05) is 6.20 Å². The van der Waals surface area contributed by atoms with E-state index in [-0.39, 0.29) is 24.6 Å². The zero-order valence-corrected chi connectivity index (χ0v) is 6.46. The first kappa shape index (κ1) is 10.3. The number of rotatable bonds is 2. The normalized spacial score (nSPS) is 8.45. The Balaban J connectivity index is 0.000001000. The van der Waals surface area contributed by atoms with Gasteiger partial charge in [0.1, 0.15) is 6.39 Å². The summed E-state index contributed by atoms with van der Waals surface area (Å²) < 4.78 is 9.13. The van der Waals surface area contributed by atoms with E-state index in [1.807, 2.05) is 0 Å². The molecule has 0 fully saturated rings. The van der Waals surface area contributed by atoms with Crippen LogP contribution >= 0.6 is 0 Å². The predicted octanol–water partition coefficient (Wildman–Crippen LogP) is -2.34. The molecule has 0 atom stereocenters. The number of carbonyl (C=O) groups is 1. The van der Waals surface area contributed by atoms with Crippen molar-refractivity contribution < 1.29 is 32.8 Å². The maximum Gasteiger partial charge on any atom is 1.00 e. The summed E-state index contributed by atoms with van der Waals surface area (Å²) in [4.78, 5) is 14.2. The fourth-order valence-corrected chi connectivity index (χ4v) is 0.483. The summed E-state index contributed by atoms with van der Waals surface area (Å²) >= 11 is 0. The van der Waals surface area contributed by atoms with E-state index in [9.17, 15) is 4.79 Å². The van der Waals surface area contributed by atoms with E-state index in [1.165, 1.54) is 6.20 Å². The van der Waals surface area contributed by atoms with Crippen molar-refractivity contribution in [1.82, 2.24) is 4.98 Å². The first-order chi connectivity index (χ1) is 4.84. The number of hydrogen-bond acceptors (Lipinski definition) is 4. The Morgan fingerprint density at radius 2 is 2.64 bits per heavy atom. The minimum absolute atomic E-state index is 0. The van der Waals surface area contributed by atoms with Gasteiger partial charge in [0.25, 0.3) is 0 Å². The van der Waals surface area contributed by atoms with Gasteiger partial charge in [0, 0.05) is 0 Å². The van der Waals surface area contributed by atoms with Crippen LogP contribution < -0.4 is 18.9 Å². The van der Waals surface area contributed by atoms with Crippen molar-refractivity contribution in [3.05, 3.63) is 18.4 Å². The molecule has 5 heteroatoms. The van der Waals surface area contributed by atoms with Crippen LogP contribution in [0.25, 0.3) is 0 Å². The van der Waals surface area contributed by atoms with Crippen molar-refractivity contribution in [1.29, 1.82) is 0 Å². The maximum atomic E-state index is 10.7. The molecule has 1 rings (SSSR count). The fraction of sp³-hybridized carbons (Fsp3) is 0.333. The molecular formula is C6H6LiNO3. The standard InChI is InChI=1S/C6H6NO3.Li/c1-2-9-6(8)5-3-7-4-10-5;/h3H,2H2,1H3;/q-1;+1. The van der Waals surface area contributed by atoms with Crippen LogP contribution in [0.1, 0.15) is 17.5 Å². The van der Waals surface area contributed by atoms with Crippen LogP contribution in [0.5, 0.6) is 0 Å². The summed E-state index contributed by atoms with van der Waals surface area (Å²) in [7, 11) is 0. The van der Waals surface area contributed by atoms with Crippen molar-refractivity contribution in [3.8, 4) is 0 Å². The van der Waals surface area contributed by atoms with Crippen LogP contribution in [-0.4, -0.2) is 17.6 Å². The van der Waals surface area contributed by atoms with Crippen LogP contribution in [0, 0.1) is 6.39 Å². The second-order valence-corrected chi connectivity index (χ2v) is 1.54. The largest absolute Gasteiger partial charge is 1.00 e. The van der Waals surface area contributed by atoms with Crippen LogP contribution in [0.2, 0.25) is 0 Å². The van der Waals surface area contributed by atoms with Crippen molar-refractivity contribution in [3.63, 3.8) is 0 Å². The van der Waals surface area contributed by atoms with Crippen molar-refractivity contribution in [2.45, 2.75) is 6.92 Å². The third-order valence-corrected chi connectivity index (χ3v) is 0.867. The van der Waals surface area contributed by atoms with Gasteiger partial charge in [-0.15, -0.1) is 0 Å². The molecule has 1 aromatic heterocycles. The average molecular weight is 147 g/mol. The minimum atomic E-state index is -0.503. The summed E-state index contributed by atoms with van der Waals surface area (Å²) in [6.07, 6.45) is 3.41. The summed E-state index contributed by atoms with van der Waals surface area (Å²) in [5.41, 5.74) is 0. The van der Waals surface area contributed by atoms with E-state index in [0.717, 1.165) is 0 Å². The monoisotopic (exact) mass is 147 g/mol. The van der Waals surface area contributed by atoms with Crippen LogP contribution in [0.3, 0.4) is 0 Å². The molecule has 0 spiro atoms. The number of aromatic nitrogens is 1. The van der Waals surface area contributed by atoms with E-state index >= 15 is 0 Å². The Bertz CT molecular complexity index is 210. The molecule has 54 valence electrons. The fourth-order valence-electron chi connectivity index (χ4n) is 0.483. The van der Waals surface area contributed by atoms with Crippen LogP contribution in [-0.2, 0) is 4.74 Å². The summed E-state index contributed by atoms with van der Waals surface area (Å²) in [6, 6.07) is 0. The molecule has 0 aliphatic heterocycles. The third-order valence-electron chi connectivity index (χ3n) is 0.867. The second-order valence-electron chi connectivity index (χ2n) is 1.54. The Kier molecular flexibility index (Phi) is 4.67. The molecule has 0 aliphatic rings. The van der Waals surface area contributed by atoms with E-state index < -0.39 is 5.97 Å². The van der Waals surface area contributed by atoms with Gasteiger partial charge in [-0.3, -0.25) is 4.79 Å². The predicted molar refractivity (Wildman–Crippen MR) is 31.3 cm³/mol. The molecule has 0 aromatic carbocycles. The molecule has 0 unspecified atom stereocenters. The number of esters is 1. The van der Waals surface area contributed by atoms with Crippen LogP contribution in [0.15, 0.2) is 10.6 Å². The molecule has 1 aromatic rings. The zero-order chi connectivity index (χ0) is 7.40. The minimum Gasteiger partial charge on any atom is -0.567 e. The molecule has 0 saturated carbocycles. The average Bonchev–Trinajstić information content (AvgIpc) is 2.38. The van der Waals surface area contributed by atoms with E-state index in [1.54, 1.807) is 6.92 Å². The van der Waals surface area contributed by atoms with Crippen molar-refractivity contribution in [2.24, 2.45) is 0 Å². The number of ether oxygens (including phenoxy) is 1. The molecule has 0 aliphatic carbocycles. The van der Waals surface area contributed by atoms with E-state index in [4.69, 9.17) is 0 Å². The summed E-state index contributed by atoms with van der Waals surface area (Å²) in [6.45, 7) is 2.05. The maximum absolute atomic E-state index is 10.7. The number of nitrogens with zero attached hydrogens (tertiary/aromatic N) is 1. The Labute approximate surface area is 76.1 Å². The van der Waals surface area contributed by atoms with E-state index in [2.05, 4.69) is 20.5 Å². The first-order valence-corrected chi connectivity index (χ1v) is 2.83. The summed E-state index contributed by atoms with van der Waals surface area (Å²) in [5, 5.41) is 0. The van der Waals surface area contributed by atoms with Gasteiger partial charge < -0.3 is 14.1 Å². The third kappa shape index (κ3) is 2.79. The molecule has 4 nitrogen and oxygen atoms in total. The van der Waals surface area contributed by atoms with Gasteiger partial charge >= 0.3 is 24.8 Å². The molecule has 0 radical (unpaired) electrons. The van der Waals surface area contributed by atoms with Gasteiger partial charge in [-0.2, -0.15) is 0 Å². The second kappa shape index (κ2) is 5.00. The molecule has 0 bridgehead atoms. The summed E-state index contributed by atoms with van der Waals surface area (Å²) in [5.74, 6) is -0.418.